The molecule has 11 heteroatoms. The molecule has 4 rings (SSSR count). The molecule has 3 aromatic rings. The first kappa shape index (κ1) is 27.8. The van der Waals surface area contributed by atoms with Gasteiger partial charge < -0.3 is 9.47 Å². The van der Waals surface area contributed by atoms with Crippen LogP contribution in [0, 0.1) is 5.82 Å². The normalized spacial score (nSPS) is 14.5. The van der Waals surface area contributed by atoms with E-state index in [-0.39, 0.29) is 23.1 Å². The molecule has 1 fully saturated rings. The Labute approximate surface area is 240 Å². The summed E-state index contributed by atoms with van der Waals surface area (Å²) in [5.74, 6) is -0.0565. The van der Waals surface area contributed by atoms with E-state index >= 15 is 0 Å². The van der Waals surface area contributed by atoms with E-state index in [9.17, 15) is 14.0 Å². The lowest BCUT2D eigenvalue weighted by molar-refractivity contribution is -0.123. The van der Waals surface area contributed by atoms with E-state index in [4.69, 9.17) is 44.3 Å². The van der Waals surface area contributed by atoms with Crippen molar-refractivity contribution in [3.63, 3.8) is 0 Å². The number of carbonyl (C=O) groups is 2. The maximum Gasteiger partial charge on any atom is 0.293 e. The van der Waals surface area contributed by atoms with Crippen molar-refractivity contribution in [2.75, 3.05) is 6.61 Å². The van der Waals surface area contributed by atoms with Crippen LogP contribution in [0.25, 0.3) is 6.08 Å². The second-order valence-electron chi connectivity index (χ2n) is 7.79. The molecule has 192 valence electrons. The van der Waals surface area contributed by atoms with Gasteiger partial charge in [0.1, 0.15) is 12.4 Å². The van der Waals surface area contributed by atoms with E-state index in [0.29, 0.717) is 43.8 Å². The van der Waals surface area contributed by atoms with Gasteiger partial charge in [-0.2, -0.15) is 0 Å². The molecule has 0 spiro atoms. The summed E-state index contributed by atoms with van der Waals surface area (Å²) in [6, 6.07) is 12.4. The lowest BCUT2D eigenvalue weighted by Crippen LogP contribution is -2.27. The van der Waals surface area contributed by atoms with Crippen molar-refractivity contribution in [2.45, 2.75) is 20.1 Å². The predicted molar refractivity (Wildman–Crippen MR) is 149 cm³/mol. The lowest BCUT2D eigenvalue weighted by atomic mass is 10.1. The minimum absolute atomic E-state index is 0.0605. The van der Waals surface area contributed by atoms with E-state index in [1.54, 1.807) is 36.4 Å². The van der Waals surface area contributed by atoms with Crippen LogP contribution in [0.1, 0.15) is 23.6 Å². The monoisotopic (exact) mass is 643 g/mol. The Hall–Kier alpha value is -2.23. The van der Waals surface area contributed by atoms with E-state index < -0.39 is 17.0 Å². The molecule has 5 nitrogen and oxygen atoms in total. The predicted octanol–water partition coefficient (Wildman–Crippen LogP) is 8.76. The van der Waals surface area contributed by atoms with Gasteiger partial charge in [-0.25, -0.2) is 4.39 Å². The van der Waals surface area contributed by atoms with Gasteiger partial charge in [-0.05, 0) is 88.2 Å². The molecule has 1 aliphatic heterocycles. The zero-order valence-corrected chi connectivity index (χ0v) is 23.9. The SMILES string of the molecule is CCOc1cc(/C=C2\SC(=O)N(Cc3ccc(F)cc3Cl)C2=O)cc(Br)c1OCc1ccc(Cl)cc1Cl. The average Bonchev–Trinajstić information content (AvgIpc) is 3.08. The zero-order valence-electron chi connectivity index (χ0n) is 19.2. The van der Waals surface area contributed by atoms with Crippen molar-refractivity contribution in [1.29, 1.82) is 0 Å². The summed E-state index contributed by atoms with van der Waals surface area (Å²) in [6.07, 6.45) is 1.60. The molecule has 1 aliphatic rings. The van der Waals surface area contributed by atoms with Crippen molar-refractivity contribution in [1.82, 2.24) is 4.90 Å². The van der Waals surface area contributed by atoms with Gasteiger partial charge in [-0.1, -0.05) is 46.9 Å². The molecule has 0 saturated carbocycles. The first-order valence-electron chi connectivity index (χ1n) is 10.9. The molecule has 0 bridgehead atoms. The van der Waals surface area contributed by atoms with Crippen molar-refractivity contribution in [3.05, 3.63) is 95.5 Å². The molecule has 0 unspecified atom stereocenters. The minimum Gasteiger partial charge on any atom is -0.490 e. The smallest absolute Gasteiger partial charge is 0.293 e. The van der Waals surface area contributed by atoms with Crippen LogP contribution in [0.3, 0.4) is 0 Å². The highest BCUT2D eigenvalue weighted by molar-refractivity contribution is 9.10. The zero-order chi connectivity index (χ0) is 26.7. The average molecular weight is 646 g/mol. The third-order valence-corrected chi connectivity index (χ3v) is 7.67. The number of rotatable bonds is 8. The maximum absolute atomic E-state index is 13.4. The second-order valence-corrected chi connectivity index (χ2v) is 10.9. The Morgan fingerprint density at radius 1 is 1.00 bits per heavy atom. The maximum atomic E-state index is 13.4. The number of hydrogen-bond donors (Lipinski definition) is 0. The van der Waals surface area contributed by atoms with Gasteiger partial charge >= 0.3 is 0 Å². The van der Waals surface area contributed by atoms with Gasteiger partial charge in [0.15, 0.2) is 11.5 Å². The highest BCUT2D eigenvalue weighted by Crippen LogP contribution is 2.40. The molecular formula is C26H18BrCl3FNO4S. The summed E-state index contributed by atoms with van der Waals surface area (Å²) < 4.78 is 25.7. The van der Waals surface area contributed by atoms with Gasteiger partial charge in [0.2, 0.25) is 0 Å². The van der Waals surface area contributed by atoms with Crippen LogP contribution >= 0.6 is 62.5 Å². The van der Waals surface area contributed by atoms with Crippen molar-refractivity contribution < 1.29 is 23.5 Å². The van der Waals surface area contributed by atoms with Gasteiger partial charge in [0, 0.05) is 20.6 Å². The van der Waals surface area contributed by atoms with Gasteiger partial charge in [-0.3, -0.25) is 14.5 Å². The van der Waals surface area contributed by atoms with Crippen LogP contribution < -0.4 is 9.47 Å². The summed E-state index contributed by atoms with van der Waals surface area (Å²) in [5.41, 5.74) is 1.84. The molecule has 0 aliphatic carbocycles. The number of benzene rings is 3. The summed E-state index contributed by atoms with van der Waals surface area (Å²) in [7, 11) is 0. The number of ether oxygens (including phenoxy) is 2. The molecule has 2 amide bonds. The van der Waals surface area contributed by atoms with Gasteiger partial charge in [0.25, 0.3) is 11.1 Å². The fourth-order valence-electron chi connectivity index (χ4n) is 3.47. The van der Waals surface area contributed by atoms with E-state index in [1.165, 1.54) is 12.1 Å². The first-order valence-corrected chi connectivity index (χ1v) is 13.6. The number of amides is 2. The third-order valence-electron chi connectivity index (χ3n) is 5.23. The molecule has 0 aromatic heterocycles. The highest BCUT2D eigenvalue weighted by atomic mass is 79.9. The molecule has 1 heterocycles. The highest BCUT2D eigenvalue weighted by Gasteiger charge is 2.35. The summed E-state index contributed by atoms with van der Waals surface area (Å²) in [4.78, 5) is 26.9. The minimum atomic E-state index is -0.498. The van der Waals surface area contributed by atoms with E-state index in [1.807, 2.05) is 6.92 Å². The third kappa shape index (κ3) is 6.62. The van der Waals surface area contributed by atoms with Gasteiger partial charge in [0.05, 0.1) is 22.5 Å². The Morgan fingerprint density at radius 3 is 2.43 bits per heavy atom. The molecule has 0 radical (unpaired) electrons. The Balaban J connectivity index is 1.56. The Kier molecular flexibility index (Phi) is 9.08. The quantitative estimate of drug-likeness (QED) is 0.229. The molecule has 3 aromatic carbocycles. The number of hydrogen-bond acceptors (Lipinski definition) is 5. The first-order chi connectivity index (χ1) is 17.7. The number of imide groups is 1. The lowest BCUT2D eigenvalue weighted by Gasteiger charge is -2.15. The van der Waals surface area contributed by atoms with Crippen molar-refractivity contribution >= 4 is 79.7 Å². The molecule has 0 atom stereocenters. The molecule has 0 N–H and O–H groups in total. The topological polar surface area (TPSA) is 55.8 Å². The van der Waals surface area contributed by atoms with Crippen molar-refractivity contribution in [2.24, 2.45) is 0 Å². The van der Waals surface area contributed by atoms with Crippen molar-refractivity contribution in [3.8, 4) is 11.5 Å². The molecular weight excluding hydrogens is 628 g/mol. The summed E-state index contributed by atoms with van der Waals surface area (Å²) >= 11 is 22.6. The van der Waals surface area contributed by atoms with Crippen LogP contribution in [-0.2, 0) is 17.9 Å². The van der Waals surface area contributed by atoms with Gasteiger partial charge in [-0.15, -0.1) is 0 Å². The molecule has 1 saturated heterocycles. The number of carbonyl (C=O) groups excluding carboxylic acids is 2. The number of halogens is 5. The van der Waals surface area contributed by atoms with E-state index in [0.717, 1.165) is 28.3 Å². The van der Waals surface area contributed by atoms with E-state index in [2.05, 4.69) is 15.9 Å². The van der Waals surface area contributed by atoms with Crippen LogP contribution in [0.2, 0.25) is 15.1 Å². The van der Waals surface area contributed by atoms with Crippen LogP contribution in [0.15, 0.2) is 57.9 Å². The van der Waals surface area contributed by atoms with Crippen LogP contribution in [0.4, 0.5) is 9.18 Å². The molecule has 37 heavy (non-hydrogen) atoms. The Morgan fingerprint density at radius 2 is 1.73 bits per heavy atom. The number of nitrogens with zero attached hydrogens (tertiary/aromatic N) is 1. The fraction of sp³-hybridized carbons (Fsp3) is 0.154. The summed E-state index contributed by atoms with van der Waals surface area (Å²) in [6.45, 7) is 2.34. The summed E-state index contributed by atoms with van der Waals surface area (Å²) in [5, 5.41) is 0.708. The Bertz CT molecular complexity index is 1420. The standard InChI is InChI=1S/C26H18BrCl3FNO4S/c1-2-35-22-8-14(7-19(27)24(22)36-13-16-3-5-17(28)10-20(16)29)9-23-25(33)32(26(34)37-23)12-15-4-6-18(31)11-21(15)30/h3-11H,2,12-13H2,1H3/b23-9-. The van der Waals surface area contributed by atoms with Crippen LogP contribution in [-0.4, -0.2) is 22.7 Å². The largest absolute Gasteiger partial charge is 0.490 e. The number of thioether (sulfide) groups is 1. The fourth-order valence-corrected chi connectivity index (χ4v) is 5.57. The second kappa shape index (κ2) is 12.1. The van der Waals surface area contributed by atoms with Crippen LogP contribution in [0.5, 0.6) is 11.5 Å².